The van der Waals surface area contributed by atoms with Crippen LogP contribution < -0.4 is 4.90 Å². The van der Waals surface area contributed by atoms with Crippen LogP contribution in [0.5, 0.6) is 0 Å². The van der Waals surface area contributed by atoms with E-state index in [2.05, 4.69) is 22.0 Å². The molecule has 0 heterocycles. The first-order valence-corrected chi connectivity index (χ1v) is 6.56. The lowest BCUT2D eigenvalue weighted by Gasteiger charge is -2.27. The Balaban J connectivity index is 3.09. The van der Waals surface area contributed by atoms with Crippen LogP contribution in [0.25, 0.3) is 0 Å². The molecule has 6 heteroatoms. The zero-order chi connectivity index (χ0) is 13.7. The molecule has 0 aliphatic carbocycles. The topological polar surface area (TPSA) is 70.2 Å². The number of anilines is 1. The van der Waals surface area contributed by atoms with Gasteiger partial charge in [-0.15, -0.1) is 0 Å². The van der Waals surface area contributed by atoms with Crippen molar-refractivity contribution >= 4 is 27.3 Å². The normalized spacial score (nSPS) is 11.7. The number of nitro benzene ring substituents is 1. The summed E-state index contributed by atoms with van der Waals surface area (Å²) in [5, 5.41) is 20.0. The average Bonchev–Trinajstić information content (AvgIpc) is 2.37. The van der Waals surface area contributed by atoms with Gasteiger partial charge in [-0.3, -0.25) is 10.1 Å². The number of benzene rings is 1. The Kier molecular flexibility index (Phi) is 5.10. The number of hydrogen-bond donors (Lipinski definition) is 0. The van der Waals surface area contributed by atoms with Crippen LogP contribution in [0.15, 0.2) is 18.2 Å². The maximum atomic E-state index is 10.7. The largest absolute Gasteiger partial charge is 0.371 e. The molecule has 18 heavy (non-hydrogen) atoms. The number of rotatable bonds is 5. The summed E-state index contributed by atoms with van der Waals surface area (Å²) in [6.07, 6.45) is 0.412. The average molecular weight is 312 g/mol. The van der Waals surface area contributed by atoms with Gasteiger partial charge in [0.1, 0.15) is 0 Å². The number of hydrogen-bond acceptors (Lipinski definition) is 4. The number of nitrogens with zero attached hydrogens (tertiary/aromatic N) is 3. The van der Waals surface area contributed by atoms with Crippen molar-refractivity contribution in [1.82, 2.24) is 0 Å². The van der Waals surface area contributed by atoms with Crippen molar-refractivity contribution in [3.8, 4) is 6.07 Å². The number of halogens is 1. The molecule has 0 spiro atoms. The van der Waals surface area contributed by atoms with E-state index in [1.54, 1.807) is 12.1 Å². The van der Waals surface area contributed by atoms with Gasteiger partial charge in [0.25, 0.3) is 5.69 Å². The van der Waals surface area contributed by atoms with E-state index < -0.39 is 4.92 Å². The molecule has 0 N–H and O–H groups in total. The molecule has 0 fully saturated rings. The summed E-state index contributed by atoms with van der Waals surface area (Å²) in [4.78, 5) is 12.3. The third kappa shape index (κ3) is 3.20. The van der Waals surface area contributed by atoms with Crippen molar-refractivity contribution < 1.29 is 4.92 Å². The van der Waals surface area contributed by atoms with E-state index >= 15 is 0 Å². The molecule has 0 radical (unpaired) electrons. The van der Waals surface area contributed by atoms with Crippen molar-refractivity contribution in [2.75, 3.05) is 11.9 Å². The van der Waals surface area contributed by atoms with Crippen molar-refractivity contribution in [1.29, 1.82) is 5.26 Å². The third-order valence-electron chi connectivity index (χ3n) is 2.85. The highest BCUT2D eigenvalue weighted by molar-refractivity contribution is 9.08. The van der Waals surface area contributed by atoms with Gasteiger partial charge in [-0.25, -0.2) is 0 Å². The highest BCUT2D eigenvalue weighted by Gasteiger charge is 2.16. The summed E-state index contributed by atoms with van der Waals surface area (Å²) in [5.41, 5.74) is 1.83. The van der Waals surface area contributed by atoms with Crippen LogP contribution >= 0.6 is 15.9 Å². The van der Waals surface area contributed by atoms with Gasteiger partial charge in [0.05, 0.1) is 17.4 Å². The van der Waals surface area contributed by atoms with E-state index in [1.165, 1.54) is 6.07 Å². The van der Waals surface area contributed by atoms with E-state index in [0.29, 0.717) is 11.8 Å². The van der Waals surface area contributed by atoms with E-state index in [4.69, 9.17) is 5.26 Å². The SMILES string of the molecule is CC(CC#N)N(C)c1ccc([N+](=O)[O-])cc1CBr. The number of non-ortho nitro benzene ring substituents is 1. The molecule has 0 aromatic heterocycles. The number of alkyl halides is 1. The number of nitriles is 1. The lowest BCUT2D eigenvalue weighted by molar-refractivity contribution is -0.384. The molecule has 1 aromatic carbocycles. The zero-order valence-electron chi connectivity index (χ0n) is 10.3. The third-order valence-corrected chi connectivity index (χ3v) is 3.45. The summed E-state index contributed by atoms with van der Waals surface area (Å²) in [7, 11) is 1.88. The molecule has 0 saturated heterocycles. The first kappa shape index (κ1) is 14.5. The van der Waals surface area contributed by atoms with Crippen LogP contribution in [0.4, 0.5) is 11.4 Å². The van der Waals surface area contributed by atoms with Crippen LogP contribution in [0.2, 0.25) is 0 Å². The standard InChI is InChI=1S/C12H14BrN3O2/c1-9(5-6-14)15(2)12-4-3-11(16(17)18)7-10(12)8-13/h3-4,7,9H,5,8H2,1-2H3. The Morgan fingerprint density at radius 2 is 2.28 bits per heavy atom. The van der Waals surface area contributed by atoms with Gasteiger partial charge in [0, 0.05) is 36.2 Å². The fourth-order valence-corrected chi connectivity index (χ4v) is 2.09. The van der Waals surface area contributed by atoms with Crippen LogP contribution in [-0.4, -0.2) is 18.0 Å². The minimum absolute atomic E-state index is 0.0641. The van der Waals surface area contributed by atoms with Crippen LogP contribution in [-0.2, 0) is 5.33 Å². The van der Waals surface area contributed by atoms with E-state index in [0.717, 1.165) is 11.3 Å². The van der Waals surface area contributed by atoms with Crippen molar-refractivity contribution in [3.05, 3.63) is 33.9 Å². The highest BCUT2D eigenvalue weighted by atomic mass is 79.9. The molecule has 0 aliphatic rings. The Labute approximate surface area is 114 Å². The van der Waals surface area contributed by atoms with E-state index in [9.17, 15) is 10.1 Å². The highest BCUT2D eigenvalue weighted by Crippen LogP contribution is 2.28. The van der Waals surface area contributed by atoms with Gasteiger partial charge in [-0.05, 0) is 18.6 Å². The summed E-state index contributed by atoms with van der Waals surface area (Å²) in [5.74, 6) is 0. The second kappa shape index (κ2) is 6.36. The summed E-state index contributed by atoms with van der Waals surface area (Å²) < 4.78 is 0. The van der Waals surface area contributed by atoms with Gasteiger partial charge in [0.15, 0.2) is 0 Å². The number of nitro groups is 1. The van der Waals surface area contributed by atoms with Gasteiger partial charge in [0.2, 0.25) is 0 Å². The summed E-state index contributed by atoms with van der Waals surface area (Å²) in [6.45, 7) is 1.95. The van der Waals surface area contributed by atoms with Crippen LogP contribution in [0.1, 0.15) is 18.9 Å². The first-order chi connectivity index (χ1) is 8.51. The fourth-order valence-electron chi connectivity index (χ4n) is 1.64. The molecule has 0 bridgehead atoms. The molecule has 0 amide bonds. The minimum atomic E-state index is -0.408. The van der Waals surface area contributed by atoms with Crippen LogP contribution in [0.3, 0.4) is 0 Å². The molecular weight excluding hydrogens is 298 g/mol. The maximum absolute atomic E-state index is 10.7. The van der Waals surface area contributed by atoms with Crippen molar-refractivity contribution in [2.45, 2.75) is 24.7 Å². The van der Waals surface area contributed by atoms with E-state index in [1.807, 2.05) is 18.9 Å². The lowest BCUT2D eigenvalue weighted by Crippen LogP contribution is -2.29. The monoisotopic (exact) mass is 311 g/mol. The predicted molar refractivity (Wildman–Crippen MR) is 73.8 cm³/mol. The lowest BCUT2D eigenvalue weighted by atomic mass is 10.1. The van der Waals surface area contributed by atoms with Crippen molar-refractivity contribution in [2.24, 2.45) is 0 Å². The Morgan fingerprint density at radius 1 is 1.61 bits per heavy atom. The minimum Gasteiger partial charge on any atom is -0.371 e. The summed E-state index contributed by atoms with van der Waals surface area (Å²) in [6, 6.07) is 6.95. The maximum Gasteiger partial charge on any atom is 0.269 e. The Hall–Kier alpha value is -1.61. The second-order valence-corrected chi connectivity index (χ2v) is 4.59. The smallest absolute Gasteiger partial charge is 0.269 e. The van der Waals surface area contributed by atoms with Gasteiger partial charge in [-0.1, -0.05) is 15.9 Å². The van der Waals surface area contributed by atoms with Crippen molar-refractivity contribution in [3.63, 3.8) is 0 Å². The fraction of sp³-hybridized carbons (Fsp3) is 0.417. The molecule has 1 aromatic rings. The molecule has 5 nitrogen and oxygen atoms in total. The Bertz CT molecular complexity index is 485. The van der Waals surface area contributed by atoms with Crippen LogP contribution in [0, 0.1) is 21.4 Å². The molecule has 96 valence electrons. The van der Waals surface area contributed by atoms with Gasteiger partial charge in [-0.2, -0.15) is 5.26 Å². The zero-order valence-corrected chi connectivity index (χ0v) is 11.8. The molecule has 1 atom stereocenters. The molecule has 1 rings (SSSR count). The quantitative estimate of drug-likeness (QED) is 0.475. The second-order valence-electron chi connectivity index (χ2n) is 4.03. The predicted octanol–water partition coefficient (Wildman–Crippen LogP) is 3.23. The van der Waals surface area contributed by atoms with Gasteiger partial charge < -0.3 is 4.90 Å². The first-order valence-electron chi connectivity index (χ1n) is 5.44. The molecule has 0 saturated carbocycles. The van der Waals surface area contributed by atoms with Gasteiger partial charge >= 0.3 is 0 Å². The Morgan fingerprint density at radius 3 is 2.78 bits per heavy atom. The molecule has 1 unspecified atom stereocenters. The van der Waals surface area contributed by atoms with E-state index in [-0.39, 0.29) is 11.7 Å². The summed E-state index contributed by atoms with van der Waals surface area (Å²) >= 11 is 3.33. The molecule has 0 aliphatic heterocycles. The molecular formula is C12H14BrN3O2.